The fraction of sp³-hybridized carbons (Fsp3) is 0.421. The van der Waals surface area contributed by atoms with Crippen LogP contribution in [0.3, 0.4) is 0 Å². The second-order valence-electron chi connectivity index (χ2n) is 6.60. The van der Waals surface area contributed by atoms with Gasteiger partial charge in [0.2, 0.25) is 0 Å². The van der Waals surface area contributed by atoms with Crippen molar-refractivity contribution in [1.29, 1.82) is 0 Å². The number of aliphatic hydroxyl groups excluding tert-OH is 1. The maximum absolute atomic E-state index is 13.0. The van der Waals surface area contributed by atoms with Crippen molar-refractivity contribution in [3.63, 3.8) is 0 Å². The summed E-state index contributed by atoms with van der Waals surface area (Å²) in [6, 6.07) is 6.12. The molecule has 1 aromatic carbocycles. The molecule has 0 heterocycles. The number of allylic oxidation sites excluding steroid dienone is 2. The predicted octanol–water partition coefficient (Wildman–Crippen LogP) is 3.91. The SMILES string of the molecule is C[C@H]1/C(=C\c2ccc(F)cc2)C(=O)C=C2CCC[C@H](O)[C@]21C. The maximum atomic E-state index is 13.0. The summed E-state index contributed by atoms with van der Waals surface area (Å²) in [5.74, 6) is -0.333. The minimum atomic E-state index is -0.424. The van der Waals surface area contributed by atoms with Crippen LogP contribution in [0.2, 0.25) is 0 Å². The quantitative estimate of drug-likeness (QED) is 0.799. The molecular weight excluding hydrogens is 279 g/mol. The van der Waals surface area contributed by atoms with Crippen molar-refractivity contribution in [2.24, 2.45) is 11.3 Å². The summed E-state index contributed by atoms with van der Waals surface area (Å²) >= 11 is 0. The minimum Gasteiger partial charge on any atom is -0.392 e. The van der Waals surface area contributed by atoms with Crippen molar-refractivity contribution in [3.05, 3.63) is 52.9 Å². The van der Waals surface area contributed by atoms with Gasteiger partial charge in [-0.05, 0) is 55.0 Å². The third-order valence-corrected chi connectivity index (χ3v) is 5.46. The molecule has 1 saturated carbocycles. The number of benzene rings is 1. The molecule has 1 fully saturated rings. The van der Waals surface area contributed by atoms with Gasteiger partial charge in [0.1, 0.15) is 5.82 Å². The van der Waals surface area contributed by atoms with Crippen LogP contribution < -0.4 is 0 Å². The third kappa shape index (κ3) is 2.34. The zero-order valence-electron chi connectivity index (χ0n) is 13.0. The highest BCUT2D eigenvalue weighted by atomic mass is 19.1. The molecule has 1 aromatic rings. The molecule has 1 N–H and O–H groups in total. The molecule has 3 atom stereocenters. The Labute approximate surface area is 130 Å². The van der Waals surface area contributed by atoms with Crippen LogP contribution in [0.15, 0.2) is 41.5 Å². The fourth-order valence-corrected chi connectivity index (χ4v) is 3.78. The Hall–Kier alpha value is -1.74. The lowest BCUT2D eigenvalue weighted by Gasteiger charge is -2.48. The van der Waals surface area contributed by atoms with Crippen molar-refractivity contribution in [3.8, 4) is 0 Å². The number of fused-ring (bicyclic) bond motifs is 1. The molecule has 2 nitrogen and oxygen atoms in total. The molecule has 2 aliphatic rings. The first-order valence-corrected chi connectivity index (χ1v) is 7.83. The average Bonchev–Trinajstić information content (AvgIpc) is 2.49. The monoisotopic (exact) mass is 300 g/mol. The molecule has 3 heteroatoms. The van der Waals surface area contributed by atoms with E-state index in [1.807, 2.05) is 13.0 Å². The number of hydrogen-bond acceptors (Lipinski definition) is 2. The minimum absolute atomic E-state index is 0.0124. The molecular formula is C19H21FO2. The van der Waals surface area contributed by atoms with Gasteiger partial charge < -0.3 is 5.11 Å². The lowest BCUT2D eigenvalue weighted by Crippen LogP contribution is -2.46. The highest BCUT2D eigenvalue weighted by molar-refractivity contribution is 6.09. The van der Waals surface area contributed by atoms with Gasteiger partial charge in [0.25, 0.3) is 0 Å². The summed E-state index contributed by atoms with van der Waals surface area (Å²) in [6.07, 6.45) is 5.69. The van der Waals surface area contributed by atoms with E-state index in [0.717, 1.165) is 30.4 Å². The van der Waals surface area contributed by atoms with Crippen LogP contribution >= 0.6 is 0 Å². The Balaban J connectivity index is 2.04. The standard InChI is InChI=1S/C19H21FO2/c1-12-16(10-13-6-8-15(20)9-7-13)17(21)11-14-4-3-5-18(22)19(12,14)2/h6-12,18,22H,3-5H2,1-2H3/b16-10+/t12-,18-,19-/m0/s1. The van der Waals surface area contributed by atoms with E-state index in [1.165, 1.54) is 12.1 Å². The molecule has 116 valence electrons. The van der Waals surface area contributed by atoms with Crippen molar-refractivity contribution < 1.29 is 14.3 Å². The summed E-state index contributed by atoms with van der Waals surface area (Å²) in [5, 5.41) is 10.5. The topological polar surface area (TPSA) is 37.3 Å². The first kappa shape index (κ1) is 15.2. The smallest absolute Gasteiger partial charge is 0.182 e. The van der Waals surface area contributed by atoms with E-state index in [2.05, 4.69) is 6.92 Å². The highest BCUT2D eigenvalue weighted by Gasteiger charge is 2.48. The Morgan fingerprint density at radius 3 is 2.68 bits per heavy atom. The summed E-state index contributed by atoms with van der Waals surface area (Å²) < 4.78 is 13.0. The van der Waals surface area contributed by atoms with E-state index < -0.39 is 6.10 Å². The number of carbonyl (C=O) groups is 1. The summed E-state index contributed by atoms with van der Waals surface area (Å²) in [6.45, 7) is 4.06. The molecule has 2 aliphatic carbocycles. The van der Waals surface area contributed by atoms with Crippen LogP contribution in [0.5, 0.6) is 0 Å². The van der Waals surface area contributed by atoms with Crippen molar-refractivity contribution >= 4 is 11.9 Å². The molecule has 0 amide bonds. The summed E-state index contributed by atoms with van der Waals surface area (Å²) in [4.78, 5) is 12.5. The second kappa shape index (κ2) is 5.47. The summed E-state index contributed by atoms with van der Waals surface area (Å²) in [5.41, 5.74) is 2.19. The predicted molar refractivity (Wildman–Crippen MR) is 84.6 cm³/mol. The Kier molecular flexibility index (Phi) is 3.77. The van der Waals surface area contributed by atoms with E-state index in [4.69, 9.17) is 0 Å². The average molecular weight is 300 g/mol. The number of halogens is 1. The first-order chi connectivity index (χ1) is 10.4. The van der Waals surface area contributed by atoms with Gasteiger partial charge in [-0.3, -0.25) is 4.79 Å². The molecule has 22 heavy (non-hydrogen) atoms. The van der Waals surface area contributed by atoms with Gasteiger partial charge >= 0.3 is 0 Å². The van der Waals surface area contributed by atoms with E-state index in [1.54, 1.807) is 18.2 Å². The lowest BCUT2D eigenvalue weighted by molar-refractivity contribution is -0.113. The second-order valence-corrected chi connectivity index (χ2v) is 6.60. The highest BCUT2D eigenvalue weighted by Crippen LogP contribution is 2.51. The fourth-order valence-electron chi connectivity index (χ4n) is 3.78. The number of hydrogen-bond donors (Lipinski definition) is 1. The summed E-state index contributed by atoms with van der Waals surface area (Å²) in [7, 11) is 0. The van der Waals surface area contributed by atoms with Crippen molar-refractivity contribution in [2.45, 2.75) is 39.2 Å². The van der Waals surface area contributed by atoms with Gasteiger partial charge in [0.15, 0.2) is 5.78 Å². The number of carbonyl (C=O) groups excluding carboxylic acids is 1. The Morgan fingerprint density at radius 1 is 1.32 bits per heavy atom. The molecule has 3 rings (SSSR count). The number of ketones is 1. The van der Waals surface area contributed by atoms with E-state index >= 15 is 0 Å². The molecule has 0 radical (unpaired) electrons. The molecule has 0 aliphatic heterocycles. The van der Waals surface area contributed by atoms with Crippen molar-refractivity contribution in [1.82, 2.24) is 0 Å². The third-order valence-electron chi connectivity index (χ3n) is 5.46. The van der Waals surface area contributed by atoms with Gasteiger partial charge in [-0.2, -0.15) is 0 Å². The molecule has 0 aromatic heterocycles. The van der Waals surface area contributed by atoms with Crippen LogP contribution in [0.4, 0.5) is 4.39 Å². The Bertz CT molecular complexity index is 657. The zero-order valence-corrected chi connectivity index (χ0v) is 13.0. The largest absolute Gasteiger partial charge is 0.392 e. The molecule has 0 bridgehead atoms. The van der Waals surface area contributed by atoms with Gasteiger partial charge in [-0.25, -0.2) is 4.39 Å². The van der Waals surface area contributed by atoms with Gasteiger partial charge in [0.05, 0.1) is 6.10 Å². The Morgan fingerprint density at radius 2 is 2.00 bits per heavy atom. The molecule has 0 unspecified atom stereocenters. The van der Waals surface area contributed by atoms with Crippen LogP contribution in [-0.2, 0) is 4.79 Å². The maximum Gasteiger partial charge on any atom is 0.182 e. The van der Waals surface area contributed by atoms with Crippen LogP contribution in [0, 0.1) is 17.2 Å². The van der Waals surface area contributed by atoms with Crippen LogP contribution in [0.25, 0.3) is 6.08 Å². The first-order valence-electron chi connectivity index (χ1n) is 7.83. The normalized spacial score (nSPS) is 33.5. The lowest BCUT2D eigenvalue weighted by atomic mass is 9.57. The van der Waals surface area contributed by atoms with E-state index in [-0.39, 0.29) is 22.9 Å². The van der Waals surface area contributed by atoms with Crippen molar-refractivity contribution in [2.75, 3.05) is 0 Å². The van der Waals surface area contributed by atoms with Gasteiger partial charge in [-0.15, -0.1) is 0 Å². The van der Waals surface area contributed by atoms with Gasteiger partial charge in [0, 0.05) is 11.0 Å². The molecule has 0 spiro atoms. The van der Waals surface area contributed by atoms with E-state index in [0.29, 0.717) is 5.57 Å². The van der Waals surface area contributed by atoms with Crippen LogP contribution in [0.1, 0.15) is 38.7 Å². The number of aliphatic hydroxyl groups is 1. The van der Waals surface area contributed by atoms with E-state index in [9.17, 15) is 14.3 Å². The van der Waals surface area contributed by atoms with Crippen LogP contribution in [-0.4, -0.2) is 17.0 Å². The van der Waals surface area contributed by atoms with Gasteiger partial charge in [-0.1, -0.05) is 31.6 Å². The molecule has 0 saturated heterocycles. The zero-order chi connectivity index (χ0) is 15.9. The number of rotatable bonds is 1.